The van der Waals surface area contributed by atoms with Gasteiger partial charge in [-0.25, -0.2) is 13.2 Å². The molecule has 6 nitrogen and oxygen atoms in total. The highest BCUT2D eigenvalue weighted by Crippen LogP contribution is 2.33. The number of para-hydroxylation sites is 1. The van der Waals surface area contributed by atoms with Crippen molar-refractivity contribution in [1.82, 2.24) is 0 Å². The van der Waals surface area contributed by atoms with Crippen molar-refractivity contribution in [2.75, 3.05) is 11.4 Å². The number of ether oxygens (including phenoxy) is 1. The zero-order chi connectivity index (χ0) is 21.7. The Kier molecular flexibility index (Phi) is 6.40. The number of esters is 1. The molecule has 0 heterocycles. The lowest BCUT2D eigenvalue weighted by Crippen LogP contribution is -2.32. The quantitative estimate of drug-likeness (QED) is 0.530. The van der Waals surface area contributed by atoms with Crippen LogP contribution in [0.15, 0.2) is 77.7 Å². The van der Waals surface area contributed by atoms with E-state index in [1.54, 1.807) is 54.6 Å². The van der Waals surface area contributed by atoms with Gasteiger partial charge in [-0.1, -0.05) is 48.0 Å². The van der Waals surface area contributed by atoms with Crippen LogP contribution in [-0.2, 0) is 21.3 Å². The Bertz CT molecular complexity index is 1220. The van der Waals surface area contributed by atoms with Crippen LogP contribution in [0.2, 0.25) is 5.02 Å². The van der Waals surface area contributed by atoms with Gasteiger partial charge in [0.15, 0.2) is 0 Å². The van der Waals surface area contributed by atoms with Crippen LogP contribution in [0.5, 0.6) is 0 Å². The Morgan fingerprint density at radius 1 is 1.03 bits per heavy atom. The summed E-state index contributed by atoms with van der Waals surface area (Å²) in [7, 11) is -3.00. The van der Waals surface area contributed by atoms with E-state index < -0.39 is 16.0 Å². The van der Waals surface area contributed by atoms with E-state index in [4.69, 9.17) is 21.6 Å². The fraction of sp³-hybridized carbons (Fsp3) is 0.0909. The van der Waals surface area contributed by atoms with Crippen LogP contribution in [0, 0.1) is 11.3 Å². The topological polar surface area (TPSA) is 87.5 Å². The van der Waals surface area contributed by atoms with E-state index in [0.29, 0.717) is 11.1 Å². The molecule has 0 unspecified atom stereocenters. The van der Waals surface area contributed by atoms with Crippen LogP contribution >= 0.6 is 11.6 Å². The van der Waals surface area contributed by atoms with Gasteiger partial charge >= 0.3 is 5.97 Å². The number of rotatable bonds is 6. The number of benzene rings is 3. The Morgan fingerprint density at radius 2 is 1.67 bits per heavy atom. The van der Waals surface area contributed by atoms with Gasteiger partial charge in [-0.2, -0.15) is 5.26 Å². The monoisotopic (exact) mass is 440 g/mol. The first-order valence-electron chi connectivity index (χ1n) is 8.82. The molecule has 0 aliphatic heterocycles. The van der Waals surface area contributed by atoms with E-state index in [2.05, 4.69) is 0 Å². The highest BCUT2D eigenvalue weighted by atomic mass is 35.5. The number of hydrogen-bond donors (Lipinski definition) is 0. The van der Waals surface area contributed by atoms with E-state index in [-0.39, 0.29) is 27.7 Å². The van der Waals surface area contributed by atoms with Crippen molar-refractivity contribution in [3.63, 3.8) is 0 Å². The molecule has 0 amide bonds. The van der Waals surface area contributed by atoms with Gasteiger partial charge in [-0.05, 0) is 42.0 Å². The van der Waals surface area contributed by atoms with Gasteiger partial charge in [0.2, 0.25) is 0 Å². The molecule has 3 aromatic rings. The van der Waals surface area contributed by atoms with E-state index in [1.807, 2.05) is 6.07 Å². The molecule has 0 aliphatic rings. The average molecular weight is 441 g/mol. The van der Waals surface area contributed by atoms with Gasteiger partial charge in [0, 0.05) is 0 Å². The summed E-state index contributed by atoms with van der Waals surface area (Å²) in [5.41, 5.74) is 1.30. The third-order valence-corrected chi connectivity index (χ3v) is 6.53. The molecule has 0 spiro atoms. The minimum atomic E-state index is -4.19. The first-order chi connectivity index (χ1) is 14.4. The maximum absolute atomic E-state index is 13.7. The number of carbonyl (C=O) groups excluding carboxylic acids is 1. The second kappa shape index (κ2) is 8.99. The van der Waals surface area contributed by atoms with Crippen molar-refractivity contribution in [3.05, 3.63) is 94.5 Å². The second-order valence-electron chi connectivity index (χ2n) is 6.26. The standard InChI is InChI=1S/C22H17ClN2O4S/c1-29-22(26)18-6-2-5-9-21(18)30(27,28)25(20-8-4-3-7-19(20)23)15-17-12-10-16(14-24)11-13-17/h2-13H,15H2,1H3. The summed E-state index contributed by atoms with van der Waals surface area (Å²) in [6.07, 6.45) is 0. The van der Waals surface area contributed by atoms with Crippen LogP contribution in [0.4, 0.5) is 5.69 Å². The molecule has 0 aromatic heterocycles. The zero-order valence-corrected chi connectivity index (χ0v) is 17.5. The van der Waals surface area contributed by atoms with E-state index in [0.717, 1.165) is 4.31 Å². The number of hydrogen-bond acceptors (Lipinski definition) is 5. The van der Waals surface area contributed by atoms with Crippen molar-refractivity contribution < 1.29 is 17.9 Å². The van der Waals surface area contributed by atoms with E-state index >= 15 is 0 Å². The van der Waals surface area contributed by atoms with Crippen LogP contribution < -0.4 is 4.31 Å². The normalized spacial score (nSPS) is 10.8. The number of carbonyl (C=O) groups is 1. The zero-order valence-electron chi connectivity index (χ0n) is 15.9. The second-order valence-corrected chi connectivity index (χ2v) is 8.50. The summed E-state index contributed by atoms with van der Waals surface area (Å²) >= 11 is 6.32. The van der Waals surface area contributed by atoms with Crippen molar-refractivity contribution in [2.45, 2.75) is 11.4 Å². The van der Waals surface area contributed by atoms with Crippen molar-refractivity contribution in [3.8, 4) is 6.07 Å². The lowest BCUT2D eigenvalue weighted by atomic mass is 10.1. The van der Waals surface area contributed by atoms with Gasteiger partial charge in [-0.15, -0.1) is 0 Å². The summed E-state index contributed by atoms with van der Waals surface area (Å²) in [5, 5.41) is 9.23. The highest BCUT2D eigenvalue weighted by molar-refractivity contribution is 7.92. The van der Waals surface area contributed by atoms with Crippen molar-refractivity contribution >= 4 is 33.3 Å². The third-order valence-electron chi connectivity index (χ3n) is 4.39. The number of nitriles is 1. The molecule has 3 aromatic carbocycles. The minimum absolute atomic E-state index is 0.0483. The molecule has 0 saturated heterocycles. The number of anilines is 1. The summed E-state index contributed by atoms with van der Waals surface area (Å²) in [4.78, 5) is 12.0. The fourth-order valence-corrected chi connectivity index (χ4v) is 4.84. The van der Waals surface area contributed by atoms with Gasteiger partial charge in [0.25, 0.3) is 10.0 Å². The number of sulfonamides is 1. The summed E-state index contributed by atoms with van der Waals surface area (Å²) in [5.74, 6) is -0.758. The molecular weight excluding hydrogens is 424 g/mol. The van der Waals surface area contributed by atoms with Crippen molar-refractivity contribution in [1.29, 1.82) is 5.26 Å². The van der Waals surface area contributed by atoms with E-state index in [9.17, 15) is 13.2 Å². The summed E-state index contributed by atoms with van der Waals surface area (Å²) < 4.78 is 33.2. The molecule has 152 valence electrons. The number of methoxy groups -OCH3 is 1. The van der Waals surface area contributed by atoms with Gasteiger partial charge in [0.05, 0.1) is 41.6 Å². The SMILES string of the molecule is COC(=O)c1ccccc1S(=O)(=O)N(Cc1ccc(C#N)cc1)c1ccccc1Cl. The fourth-order valence-electron chi connectivity index (χ4n) is 2.89. The molecule has 3 rings (SSSR count). The number of halogens is 1. The van der Waals surface area contributed by atoms with Gasteiger partial charge < -0.3 is 4.74 Å². The Balaban J connectivity index is 2.16. The molecule has 30 heavy (non-hydrogen) atoms. The van der Waals surface area contributed by atoms with Crippen LogP contribution in [0.3, 0.4) is 0 Å². The Morgan fingerprint density at radius 3 is 2.30 bits per heavy atom. The van der Waals surface area contributed by atoms with Gasteiger partial charge in [0.1, 0.15) is 4.90 Å². The molecule has 0 atom stereocenters. The first-order valence-corrected chi connectivity index (χ1v) is 10.6. The molecular formula is C22H17ClN2O4S. The average Bonchev–Trinajstić information content (AvgIpc) is 2.78. The molecule has 0 fully saturated rings. The third kappa shape index (κ3) is 4.30. The van der Waals surface area contributed by atoms with Gasteiger partial charge in [-0.3, -0.25) is 4.31 Å². The van der Waals surface area contributed by atoms with Crippen LogP contribution in [-0.4, -0.2) is 21.5 Å². The largest absolute Gasteiger partial charge is 0.465 e. The predicted octanol–water partition coefficient (Wildman–Crippen LogP) is 4.39. The lowest BCUT2D eigenvalue weighted by Gasteiger charge is -2.26. The molecule has 0 N–H and O–H groups in total. The highest BCUT2D eigenvalue weighted by Gasteiger charge is 2.31. The van der Waals surface area contributed by atoms with E-state index in [1.165, 1.54) is 25.3 Å². The summed E-state index contributed by atoms with van der Waals surface area (Å²) in [6, 6.07) is 21.0. The molecule has 8 heteroatoms. The Hall–Kier alpha value is -3.34. The molecule has 0 radical (unpaired) electrons. The molecule has 0 saturated carbocycles. The molecule has 0 aliphatic carbocycles. The summed E-state index contributed by atoms with van der Waals surface area (Å²) in [6.45, 7) is -0.0483. The maximum atomic E-state index is 13.7. The maximum Gasteiger partial charge on any atom is 0.339 e. The number of nitrogens with zero attached hydrogens (tertiary/aromatic N) is 2. The molecule has 0 bridgehead atoms. The predicted molar refractivity (Wildman–Crippen MR) is 114 cm³/mol. The Labute approximate surface area is 179 Å². The first kappa shape index (κ1) is 21.4. The van der Waals surface area contributed by atoms with Crippen LogP contribution in [0.1, 0.15) is 21.5 Å². The van der Waals surface area contributed by atoms with Crippen LogP contribution in [0.25, 0.3) is 0 Å². The lowest BCUT2D eigenvalue weighted by molar-refractivity contribution is 0.0596. The minimum Gasteiger partial charge on any atom is -0.465 e. The van der Waals surface area contributed by atoms with Crippen molar-refractivity contribution in [2.24, 2.45) is 0 Å². The smallest absolute Gasteiger partial charge is 0.339 e.